The van der Waals surface area contributed by atoms with Crippen LogP contribution in [0.3, 0.4) is 0 Å². The molecule has 2 nitrogen and oxygen atoms in total. The molecule has 0 bridgehead atoms. The van der Waals surface area contributed by atoms with Gasteiger partial charge in [0.05, 0.1) is 0 Å². The first kappa shape index (κ1) is 8.72. The summed E-state index contributed by atoms with van der Waals surface area (Å²) in [6, 6.07) is 0.937. The van der Waals surface area contributed by atoms with Gasteiger partial charge in [0, 0.05) is 24.9 Å². The highest BCUT2D eigenvalue weighted by Gasteiger charge is 2.27. The van der Waals surface area contributed by atoms with Crippen LogP contribution in [0.1, 0.15) is 33.1 Å². The fourth-order valence-electron chi connectivity index (χ4n) is 1.76. The van der Waals surface area contributed by atoms with Crippen molar-refractivity contribution in [2.45, 2.75) is 45.2 Å². The van der Waals surface area contributed by atoms with Crippen molar-refractivity contribution >= 4 is 5.78 Å². The standard InChI is InChI=1S/C9H17NO/c1-4-8-6-9(11)5-7(2)10(8)3/h7-8H,4-6H2,1-3H3. The maximum absolute atomic E-state index is 11.2. The van der Waals surface area contributed by atoms with Crippen molar-refractivity contribution in [3.63, 3.8) is 0 Å². The van der Waals surface area contributed by atoms with E-state index in [1.807, 2.05) is 0 Å². The number of carbonyl (C=O) groups excluding carboxylic acids is 1. The predicted molar refractivity (Wildman–Crippen MR) is 45.5 cm³/mol. The molecule has 1 saturated heterocycles. The molecule has 1 rings (SSSR count). The number of nitrogens with zero attached hydrogens (tertiary/aromatic N) is 1. The largest absolute Gasteiger partial charge is 0.300 e. The van der Waals surface area contributed by atoms with Gasteiger partial charge < -0.3 is 0 Å². The molecule has 0 N–H and O–H groups in total. The minimum Gasteiger partial charge on any atom is -0.300 e. The molecule has 0 aromatic heterocycles. The van der Waals surface area contributed by atoms with Crippen LogP contribution in [0, 0.1) is 0 Å². The lowest BCUT2D eigenvalue weighted by Crippen LogP contribution is -2.45. The van der Waals surface area contributed by atoms with Crippen molar-refractivity contribution < 1.29 is 4.79 Å². The number of hydrogen-bond donors (Lipinski definition) is 0. The molecule has 1 fully saturated rings. The lowest BCUT2D eigenvalue weighted by molar-refractivity contribution is -0.124. The molecule has 1 aliphatic rings. The summed E-state index contributed by atoms with van der Waals surface area (Å²) < 4.78 is 0. The molecule has 0 saturated carbocycles. The Labute approximate surface area is 68.6 Å². The molecule has 0 radical (unpaired) electrons. The molecule has 0 aromatic carbocycles. The number of Topliss-reactive ketones (excluding diaryl/α,β-unsaturated/α-hetero) is 1. The van der Waals surface area contributed by atoms with Crippen molar-refractivity contribution in [3.05, 3.63) is 0 Å². The number of piperidine rings is 1. The summed E-state index contributed by atoms with van der Waals surface area (Å²) in [6.45, 7) is 4.27. The average molecular weight is 155 g/mol. The van der Waals surface area contributed by atoms with E-state index in [0.29, 0.717) is 17.9 Å². The molecule has 0 spiro atoms. The van der Waals surface area contributed by atoms with Gasteiger partial charge in [-0.05, 0) is 20.4 Å². The Balaban J connectivity index is 2.58. The Kier molecular flexibility index (Phi) is 2.66. The van der Waals surface area contributed by atoms with Gasteiger partial charge in [0.1, 0.15) is 5.78 Å². The van der Waals surface area contributed by atoms with Gasteiger partial charge in [-0.3, -0.25) is 9.69 Å². The Morgan fingerprint density at radius 2 is 2.18 bits per heavy atom. The van der Waals surface area contributed by atoms with Crippen LogP contribution >= 0.6 is 0 Å². The van der Waals surface area contributed by atoms with Gasteiger partial charge in [-0.2, -0.15) is 0 Å². The summed E-state index contributed by atoms with van der Waals surface area (Å²) in [5.74, 6) is 0.433. The van der Waals surface area contributed by atoms with Crippen LogP contribution in [0.15, 0.2) is 0 Å². The van der Waals surface area contributed by atoms with E-state index in [1.165, 1.54) is 0 Å². The van der Waals surface area contributed by atoms with Gasteiger partial charge >= 0.3 is 0 Å². The normalized spacial score (nSPS) is 34.3. The zero-order valence-electron chi connectivity index (χ0n) is 7.63. The Morgan fingerprint density at radius 3 is 2.73 bits per heavy atom. The van der Waals surface area contributed by atoms with E-state index in [-0.39, 0.29) is 0 Å². The molecule has 2 unspecified atom stereocenters. The summed E-state index contributed by atoms with van der Waals surface area (Å²) in [4.78, 5) is 13.5. The lowest BCUT2D eigenvalue weighted by Gasteiger charge is -2.36. The molecule has 0 amide bonds. The fraction of sp³-hybridized carbons (Fsp3) is 0.889. The predicted octanol–water partition coefficient (Wildman–Crippen LogP) is 1.45. The quantitative estimate of drug-likeness (QED) is 0.571. The van der Waals surface area contributed by atoms with Gasteiger partial charge in [0.25, 0.3) is 0 Å². The Morgan fingerprint density at radius 1 is 1.55 bits per heavy atom. The highest BCUT2D eigenvalue weighted by atomic mass is 16.1. The topological polar surface area (TPSA) is 20.3 Å². The fourth-order valence-corrected chi connectivity index (χ4v) is 1.76. The van der Waals surface area contributed by atoms with Gasteiger partial charge in [-0.15, -0.1) is 0 Å². The van der Waals surface area contributed by atoms with Gasteiger partial charge in [0.15, 0.2) is 0 Å². The average Bonchev–Trinajstić information content (AvgIpc) is 1.96. The second kappa shape index (κ2) is 3.35. The summed E-state index contributed by atoms with van der Waals surface area (Å²) in [7, 11) is 2.12. The highest BCUT2D eigenvalue weighted by Crippen LogP contribution is 2.19. The Hall–Kier alpha value is -0.370. The third-order valence-corrected chi connectivity index (χ3v) is 2.73. The first-order chi connectivity index (χ1) is 5.15. The van der Waals surface area contributed by atoms with E-state index in [2.05, 4.69) is 25.8 Å². The first-order valence-electron chi connectivity index (χ1n) is 4.38. The molecule has 1 aliphatic heterocycles. The molecule has 2 heteroatoms. The summed E-state index contributed by atoms with van der Waals surface area (Å²) in [5.41, 5.74) is 0. The molecule has 1 heterocycles. The van der Waals surface area contributed by atoms with E-state index in [9.17, 15) is 4.79 Å². The summed E-state index contributed by atoms with van der Waals surface area (Å²) >= 11 is 0. The third kappa shape index (κ3) is 1.80. The van der Waals surface area contributed by atoms with Crippen molar-refractivity contribution in [1.82, 2.24) is 4.90 Å². The third-order valence-electron chi connectivity index (χ3n) is 2.73. The van der Waals surface area contributed by atoms with Crippen LogP contribution in [0.2, 0.25) is 0 Å². The van der Waals surface area contributed by atoms with Crippen molar-refractivity contribution in [1.29, 1.82) is 0 Å². The van der Waals surface area contributed by atoms with E-state index in [4.69, 9.17) is 0 Å². The summed E-state index contributed by atoms with van der Waals surface area (Å²) in [6.07, 6.45) is 2.59. The molecular weight excluding hydrogens is 138 g/mol. The first-order valence-corrected chi connectivity index (χ1v) is 4.38. The highest BCUT2D eigenvalue weighted by molar-refractivity contribution is 5.80. The van der Waals surface area contributed by atoms with Crippen LogP contribution in [-0.2, 0) is 4.79 Å². The van der Waals surface area contributed by atoms with Crippen LogP contribution in [-0.4, -0.2) is 29.8 Å². The number of rotatable bonds is 1. The number of hydrogen-bond acceptors (Lipinski definition) is 2. The van der Waals surface area contributed by atoms with Crippen LogP contribution < -0.4 is 0 Å². The number of carbonyl (C=O) groups is 1. The van der Waals surface area contributed by atoms with E-state index in [0.717, 1.165) is 19.3 Å². The van der Waals surface area contributed by atoms with Gasteiger partial charge in [0.2, 0.25) is 0 Å². The second-order valence-electron chi connectivity index (χ2n) is 3.52. The van der Waals surface area contributed by atoms with E-state index >= 15 is 0 Å². The second-order valence-corrected chi connectivity index (χ2v) is 3.52. The zero-order chi connectivity index (χ0) is 8.43. The molecule has 0 aliphatic carbocycles. The maximum Gasteiger partial charge on any atom is 0.136 e. The Bertz CT molecular complexity index is 156. The molecule has 64 valence electrons. The van der Waals surface area contributed by atoms with E-state index < -0.39 is 0 Å². The number of ketones is 1. The minimum atomic E-state index is 0.433. The van der Waals surface area contributed by atoms with Crippen LogP contribution in [0.5, 0.6) is 0 Å². The lowest BCUT2D eigenvalue weighted by atomic mass is 9.95. The van der Waals surface area contributed by atoms with Gasteiger partial charge in [-0.25, -0.2) is 0 Å². The zero-order valence-corrected chi connectivity index (χ0v) is 7.63. The van der Waals surface area contributed by atoms with Crippen molar-refractivity contribution in [2.24, 2.45) is 0 Å². The molecule has 11 heavy (non-hydrogen) atoms. The molecule has 2 atom stereocenters. The molecule has 0 aromatic rings. The van der Waals surface area contributed by atoms with Crippen molar-refractivity contribution in [3.8, 4) is 0 Å². The van der Waals surface area contributed by atoms with Crippen LogP contribution in [0.4, 0.5) is 0 Å². The van der Waals surface area contributed by atoms with E-state index in [1.54, 1.807) is 0 Å². The summed E-state index contributed by atoms with van der Waals surface area (Å²) in [5, 5.41) is 0. The smallest absolute Gasteiger partial charge is 0.136 e. The molecular formula is C9H17NO. The van der Waals surface area contributed by atoms with Crippen molar-refractivity contribution in [2.75, 3.05) is 7.05 Å². The SMILES string of the molecule is CCC1CC(=O)CC(C)N1C. The van der Waals surface area contributed by atoms with Gasteiger partial charge in [-0.1, -0.05) is 6.92 Å². The number of likely N-dealkylation sites (tertiary alicyclic amines) is 1. The monoisotopic (exact) mass is 155 g/mol. The maximum atomic E-state index is 11.2. The minimum absolute atomic E-state index is 0.433. The van der Waals surface area contributed by atoms with Crippen LogP contribution in [0.25, 0.3) is 0 Å².